The Kier molecular flexibility index (Phi) is 3.07. The van der Waals surface area contributed by atoms with E-state index in [2.05, 4.69) is 83.0 Å². The lowest BCUT2D eigenvalue weighted by Gasteiger charge is -2.62. The van der Waals surface area contributed by atoms with Crippen LogP contribution in [-0.4, -0.2) is 0 Å². The minimum absolute atomic E-state index is 0.00648. The molecule has 0 aliphatic carbocycles. The first-order valence-corrected chi connectivity index (χ1v) is 11.2. The number of anilines is 1. The zero-order valence-corrected chi connectivity index (χ0v) is 18.4. The summed E-state index contributed by atoms with van der Waals surface area (Å²) in [6, 6.07) is 9.62. The van der Waals surface area contributed by atoms with Gasteiger partial charge in [-0.05, 0) is 48.8 Å². The van der Waals surface area contributed by atoms with Crippen LogP contribution in [0.1, 0.15) is 69.2 Å². The predicted molar refractivity (Wildman–Crippen MR) is 116 cm³/mol. The van der Waals surface area contributed by atoms with E-state index in [9.17, 15) is 0 Å². The lowest BCUT2D eigenvalue weighted by molar-refractivity contribution is 0.0661. The van der Waals surface area contributed by atoms with Gasteiger partial charge in [0.25, 0.3) is 0 Å². The number of para-hydroxylation sites is 1. The van der Waals surface area contributed by atoms with E-state index in [1.165, 1.54) is 26.2 Å². The van der Waals surface area contributed by atoms with Gasteiger partial charge in [-0.3, -0.25) is 0 Å². The van der Waals surface area contributed by atoms with Crippen LogP contribution in [0.2, 0.25) is 0 Å². The van der Waals surface area contributed by atoms with Crippen molar-refractivity contribution in [3.8, 4) is 0 Å². The summed E-state index contributed by atoms with van der Waals surface area (Å²) in [5, 5.41) is 2.26. The Bertz CT molecular complexity index is 1050. The smallest absolute Gasteiger partial charge is 0.0717 e. The largest absolute Gasteiger partial charge is 0.353 e. The van der Waals surface area contributed by atoms with Crippen molar-refractivity contribution in [2.45, 2.75) is 65.5 Å². The van der Waals surface area contributed by atoms with Crippen LogP contribution in [0.25, 0.3) is 9.40 Å². The van der Waals surface area contributed by atoms with Gasteiger partial charge in [0.15, 0.2) is 0 Å². The molecule has 0 bridgehead atoms. The van der Waals surface area contributed by atoms with E-state index in [4.69, 9.17) is 0 Å². The number of nitrogens with zero attached hydrogens (tertiary/aromatic N) is 1. The topological polar surface area (TPSA) is 3.24 Å². The SMILES string of the molecule is Cc1cccc2c1N1C(C)c3sc4ccsc4c3C1(C)C(C)(C)C2(C)C. The summed E-state index contributed by atoms with van der Waals surface area (Å²) in [4.78, 5) is 4.35. The Labute approximate surface area is 164 Å². The zero-order valence-electron chi connectivity index (χ0n) is 16.7. The molecule has 0 radical (unpaired) electrons. The molecule has 0 saturated carbocycles. The third kappa shape index (κ3) is 1.56. The third-order valence-electron chi connectivity index (χ3n) is 7.99. The molecular weight excluding hydrogens is 354 g/mol. The average molecular weight is 382 g/mol. The summed E-state index contributed by atoms with van der Waals surface area (Å²) in [5.74, 6) is 0. The molecule has 2 atom stereocenters. The fourth-order valence-electron chi connectivity index (χ4n) is 5.68. The Morgan fingerprint density at radius 1 is 1.04 bits per heavy atom. The van der Waals surface area contributed by atoms with Gasteiger partial charge < -0.3 is 4.90 Å². The molecule has 0 amide bonds. The van der Waals surface area contributed by atoms with Gasteiger partial charge >= 0.3 is 0 Å². The Morgan fingerprint density at radius 2 is 1.77 bits per heavy atom. The summed E-state index contributed by atoms with van der Waals surface area (Å²) >= 11 is 3.94. The third-order valence-corrected chi connectivity index (χ3v) is 10.4. The Hall–Kier alpha value is -1.32. The van der Waals surface area contributed by atoms with E-state index in [0.29, 0.717) is 6.04 Å². The first-order chi connectivity index (χ1) is 12.1. The normalized spacial score (nSPS) is 28.1. The first-order valence-electron chi connectivity index (χ1n) is 9.54. The molecule has 2 aliphatic rings. The number of thiophene rings is 2. The molecule has 136 valence electrons. The second-order valence-corrected chi connectivity index (χ2v) is 11.3. The monoisotopic (exact) mass is 381 g/mol. The lowest BCUT2D eigenvalue weighted by Crippen LogP contribution is -2.62. The second-order valence-electron chi connectivity index (χ2n) is 9.29. The highest BCUT2D eigenvalue weighted by atomic mass is 32.1. The predicted octanol–water partition coefficient (Wildman–Crippen LogP) is 7.39. The van der Waals surface area contributed by atoms with Crippen molar-refractivity contribution in [1.82, 2.24) is 0 Å². The van der Waals surface area contributed by atoms with Crippen LogP contribution < -0.4 is 4.90 Å². The van der Waals surface area contributed by atoms with E-state index < -0.39 is 0 Å². The summed E-state index contributed by atoms with van der Waals surface area (Å²) in [6.45, 7) is 17.1. The molecular formula is C23H27NS2. The molecule has 26 heavy (non-hydrogen) atoms. The molecule has 5 rings (SSSR count). The number of benzene rings is 1. The van der Waals surface area contributed by atoms with Crippen molar-refractivity contribution in [3.63, 3.8) is 0 Å². The van der Waals surface area contributed by atoms with Gasteiger partial charge in [0, 0.05) is 26.2 Å². The number of hydrogen-bond acceptors (Lipinski definition) is 3. The summed E-state index contributed by atoms with van der Waals surface area (Å²) in [6.07, 6.45) is 0. The van der Waals surface area contributed by atoms with E-state index >= 15 is 0 Å². The molecule has 1 nitrogen and oxygen atoms in total. The lowest BCUT2D eigenvalue weighted by atomic mass is 9.51. The summed E-state index contributed by atoms with van der Waals surface area (Å²) in [7, 11) is 0. The fourth-order valence-corrected chi connectivity index (χ4v) is 8.30. The molecule has 2 unspecified atom stereocenters. The van der Waals surface area contributed by atoms with E-state index in [-0.39, 0.29) is 16.4 Å². The van der Waals surface area contributed by atoms with Crippen LogP contribution in [0.4, 0.5) is 5.69 Å². The minimum atomic E-state index is -0.00648. The van der Waals surface area contributed by atoms with Gasteiger partial charge in [0.2, 0.25) is 0 Å². The number of aryl methyl sites for hydroxylation is 1. The number of fused-ring (bicyclic) bond motifs is 7. The standard InChI is InChI=1S/C23H27NS2/c1-13-9-8-10-15-18(13)24-14(2)19-17(20-16(26-19)11-12-25-20)23(24,7)22(5,6)21(15,3)4/h8-12,14H,1-7H3. The van der Waals surface area contributed by atoms with Crippen LogP contribution in [0.5, 0.6) is 0 Å². The van der Waals surface area contributed by atoms with Crippen LogP contribution in [0.3, 0.4) is 0 Å². The molecule has 3 heteroatoms. The summed E-state index contributed by atoms with van der Waals surface area (Å²) < 4.78 is 2.99. The number of rotatable bonds is 0. The Morgan fingerprint density at radius 3 is 2.50 bits per heavy atom. The van der Waals surface area contributed by atoms with Crippen molar-refractivity contribution in [3.05, 3.63) is 51.2 Å². The molecule has 0 N–H and O–H groups in total. The Balaban J connectivity index is 1.95. The van der Waals surface area contributed by atoms with Crippen molar-refractivity contribution in [2.75, 3.05) is 4.90 Å². The fraction of sp³-hybridized carbons (Fsp3) is 0.478. The van der Waals surface area contributed by atoms with Gasteiger partial charge in [-0.1, -0.05) is 45.9 Å². The van der Waals surface area contributed by atoms with Crippen LogP contribution >= 0.6 is 22.7 Å². The molecule has 0 saturated heterocycles. The van der Waals surface area contributed by atoms with Crippen molar-refractivity contribution < 1.29 is 0 Å². The average Bonchev–Trinajstić information content (AvgIpc) is 3.19. The van der Waals surface area contributed by atoms with Crippen molar-refractivity contribution in [2.24, 2.45) is 5.41 Å². The van der Waals surface area contributed by atoms with Gasteiger partial charge in [0.05, 0.1) is 16.3 Å². The van der Waals surface area contributed by atoms with Crippen molar-refractivity contribution in [1.29, 1.82) is 0 Å². The van der Waals surface area contributed by atoms with Crippen LogP contribution in [0, 0.1) is 12.3 Å². The maximum absolute atomic E-state index is 2.77. The minimum Gasteiger partial charge on any atom is -0.353 e. The van der Waals surface area contributed by atoms with Gasteiger partial charge in [-0.15, -0.1) is 22.7 Å². The van der Waals surface area contributed by atoms with E-state index in [1.54, 1.807) is 10.4 Å². The first kappa shape index (κ1) is 16.8. The quantitative estimate of drug-likeness (QED) is 0.392. The van der Waals surface area contributed by atoms with E-state index in [0.717, 1.165) is 0 Å². The molecule has 3 aromatic rings. The van der Waals surface area contributed by atoms with Gasteiger partial charge in [-0.25, -0.2) is 0 Å². The highest BCUT2D eigenvalue weighted by Crippen LogP contribution is 2.69. The summed E-state index contributed by atoms with van der Waals surface area (Å²) in [5.41, 5.74) is 6.16. The highest BCUT2D eigenvalue weighted by Gasteiger charge is 2.64. The number of hydrogen-bond donors (Lipinski definition) is 0. The zero-order chi connectivity index (χ0) is 18.6. The molecule has 2 aromatic heterocycles. The van der Waals surface area contributed by atoms with Crippen molar-refractivity contribution >= 4 is 37.8 Å². The van der Waals surface area contributed by atoms with E-state index in [1.807, 2.05) is 22.7 Å². The molecule has 0 spiro atoms. The van der Waals surface area contributed by atoms with Crippen LogP contribution in [-0.2, 0) is 11.0 Å². The highest BCUT2D eigenvalue weighted by molar-refractivity contribution is 7.27. The molecule has 2 aliphatic heterocycles. The molecule has 4 heterocycles. The van der Waals surface area contributed by atoms with Gasteiger partial charge in [-0.2, -0.15) is 0 Å². The maximum atomic E-state index is 2.77. The second kappa shape index (κ2) is 4.74. The molecule has 1 aromatic carbocycles. The molecule has 0 fully saturated rings. The van der Waals surface area contributed by atoms with Crippen LogP contribution in [0.15, 0.2) is 29.6 Å². The maximum Gasteiger partial charge on any atom is 0.0717 e. The van der Waals surface area contributed by atoms with Gasteiger partial charge in [0.1, 0.15) is 0 Å².